The molecule has 7 heteroatoms. The van der Waals surface area contributed by atoms with Gasteiger partial charge in [-0.2, -0.15) is 5.26 Å². The zero-order chi connectivity index (χ0) is 16.3. The van der Waals surface area contributed by atoms with Crippen LogP contribution < -0.4 is 10.5 Å². The van der Waals surface area contributed by atoms with Gasteiger partial charge < -0.3 is 19.8 Å². The molecule has 0 atom stereocenters. The molecule has 0 saturated carbocycles. The number of methoxy groups -OCH3 is 1. The number of nitriles is 1. The van der Waals surface area contributed by atoms with Crippen LogP contribution in [0.2, 0.25) is 0 Å². The first-order valence-electron chi connectivity index (χ1n) is 6.45. The second-order valence-corrected chi connectivity index (χ2v) is 5.24. The fourth-order valence-corrected chi connectivity index (χ4v) is 2.40. The maximum absolute atomic E-state index is 12.0. The van der Waals surface area contributed by atoms with E-state index in [1.54, 1.807) is 18.2 Å². The molecule has 6 nitrogen and oxygen atoms in total. The highest BCUT2D eigenvalue weighted by atomic mass is 79.9. The number of aromatic nitrogens is 1. The lowest BCUT2D eigenvalue weighted by Crippen LogP contribution is -2.12. The molecule has 2 aromatic rings. The molecule has 2 rings (SSSR count). The van der Waals surface area contributed by atoms with Crippen LogP contribution in [0.25, 0.3) is 5.69 Å². The summed E-state index contributed by atoms with van der Waals surface area (Å²) in [6.45, 7) is 2.31. The summed E-state index contributed by atoms with van der Waals surface area (Å²) < 4.78 is 12.7. The molecule has 1 heterocycles. The highest BCUT2D eigenvalue weighted by molar-refractivity contribution is 9.10. The van der Waals surface area contributed by atoms with Crippen LogP contribution in [-0.2, 0) is 4.74 Å². The number of anilines is 1. The zero-order valence-corrected chi connectivity index (χ0v) is 13.7. The number of carbonyl (C=O) groups is 1. The Hall–Kier alpha value is -2.46. The van der Waals surface area contributed by atoms with Crippen LogP contribution >= 0.6 is 15.9 Å². The normalized spacial score (nSPS) is 10.1. The van der Waals surface area contributed by atoms with Crippen molar-refractivity contribution in [3.05, 3.63) is 40.1 Å². The maximum Gasteiger partial charge on any atom is 0.357 e. The molecule has 22 heavy (non-hydrogen) atoms. The molecule has 0 unspecified atom stereocenters. The predicted octanol–water partition coefficient (Wildman–Crippen LogP) is 2.88. The maximum atomic E-state index is 12.0. The smallest absolute Gasteiger partial charge is 0.357 e. The van der Waals surface area contributed by atoms with E-state index in [9.17, 15) is 4.79 Å². The Morgan fingerprint density at radius 3 is 2.82 bits per heavy atom. The van der Waals surface area contributed by atoms with Crippen molar-refractivity contribution in [1.29, 1.82) is 5.26 Å². The predicted molar refractivity (Wildman–Crippen MR) is 85.1 cm³/mol. The number of esters is 1. The third kappa shape index (κ3) is 2.78. The van der Waals surface area contributed by atoms with E-state index in [2.05, 4.69) is 15.9 Å². The fraction of sp³-hybridized carbons (Fsp3) is 0.200. The van der Waals surface area contributed by atoms with Crippen LogP contribution in [0.3, 0.4) is 0 Å². The Bertz CT molecular complexity index is 762. The van der Waals surface area contributed by atoms with Crippen molar-refractivity contribution in [1.82, 2.24) is 4.57 Å². The Balaban J connectivity index is 2.72. The van der Waals surface area contributed by atoms with E-state index in [1.807, 2.05) is 13.0 Å². The number of hydrogen-bond acceptors (Lipinski definition) is 5. The van der Waals surface area contributed by atoms with Gasteiger partial charge in [-0.15, -0.1) is 0 Å². The Morgan fingerprint density at radius 2 is 2.23 bits per heavy atom. The summed E-state index contributed by atoms with van der Waals surface area (Å²) in [5, 5.41) is 9.14. The molecule has 0 aliphatic rings. The molecule has 0 bridgehead atoms. The summed E-state index contributed by atoms with van der Waals surface area (Å²) in [4.78, 5) is 12.0. The van der Waals surface area contributed by atoms with E-state index in [-0.39, 0.29) is 16.9 Å². The molecule has 0 radical (unpaired) electrons. The first-order chi connectivity index (χ1) is 10.5. The van der Waals surface area contributed by atoms with Crippen LogP contribution in [0.15, 0.2) is 28.9 Å². The minimum atomic E-state index is -0.621. The van der Waals surface area contributed by atoms with Gasteiger partial charge in [-0.05, 0) is 25.1 Å². The molecule has 0 aliphatic heterocycles. The SMILES string of the molecule is CCOc1cc(Br)ccc1-n1cc(C#N)c(N)c1C(=O)OC. The third-order valence-electron chi connectivity index (χ3n) is 3.02. The molecular formula is C15H14BrN3O3. The summed E-state index contributed by atoms with van der Waals surface area (Å²) >= 11 is 3.38. The molecule has 0 amide bonds. The van der Waals surface area contributed by atoms with E-state index in [4.69, 9.17) is 20.5 Å². The summed E-state index contributed by atoms with van der Waals surface area (Å²) in [7, 11) is 1.26. The van der Waals surface area contributed by atoms with Crippen molar-refractivity contribution >= 4 is 27.6 Å². The van der Waals surface area contributed by atoms with Gasteiger partial charge in [0, 0.05) is 10.7 Å². The van der Waals surface area contributed by atoms with Gasteiger partial charge >= 0.3 is 5.97 Å². The summed E-state index contributed by atoms with van der Waals surface area (Å²) in [6.07, 6.45) is 1.49. The van der Waals surface area contributed by atoms with Crippen molar-refractivity contribution in [2.45, 2.75) is 6.92 Å². The number of rotatable bonds is 4. The van der Waals surface area contributed by atoms with Crippen LogP contribution in [0.5, 0.6) is 5.75 Å². The summed E-state index contributed by atoms with van der Waals surface area (Å²) in [5.41, 5.74) is 6.87. The molecular weight excluding hydrogens is 350 g/mol. The molecule has 0 spiro atoms. The standard InChI is InChI=1S/C15H14BrN3O3/c1-3-22-12-6-10(16)4-5-11(12)19-8-9(7-17)13(18)14(19)15(20)21-2/h4-6,8H,3,18H2,1-2H3. The number of halogens is 1. The summed E-state index contributed by atoms with van der Waals surface area (Å²) in [5.74, 6) is -0.0640. The van der Waals surface area contributed by atoms with E-state index in [0.717, 1.165) is 4.47 Å². The lowest BCUT2D eigenvalue weighted by atomic mass is 10.2. The number of hydrogen-bond donors (Lipinski definition) is 1. The van der Waals surface area contributed by atoms with Gasteiger partial charge in [0.25, 0.3) is 0 Å². The lowest BCUT2D eigenvalue weighted by Gasteiger charge is -2.14. The summed E-state index contributed by atoms with van der Waals surface area (Å²) in [6, 6.07) is 7.32. The van der Waals surface area contributed by atoms with E-state index < -0.39 is 5.97 Å². The topological polar surface area (TPSA) is 90.3 Å². The number of nitrogens with zero attached hydrogens (tertiary/aromatic N) is 2. The zero-order valence-electron chi connectivity index (χ0n) is 12.1. The fourth-order valence-electron chi connectivity index (χ4n) is 2.06. The van der Waals surface area contributed by atoms with Gasteiger partial charge in [-0.1, -0.05) is 15.9 Å². The molecule has 1 aromatic carbocycles. The monoisotopic (exact) mass is 363 g/mol. The van der Waals surface area contributed by atoms with Crippen molar-refractivity contribution in [3.63, 3.8) is 0 Å². The first kappa shape index (κ1) is 15.9. The number of nitrogen functional groups attached to an aromatic ring is 1. The highest BCUT2D eigenvalue weighted by Crippen LogP contribution is 2.32. The largest absolute Gasteiger partial charge is 0.492 e. The van der Waals surface area contributed by atoms with E-state index in [1.165, 1.54) is 17.9 Å². The molecule has 114 valence electrons. The van der Waals surface area contributed by atoms with E-state index >= 15 is 0 Å². The minimum absolute atomic E-state index is 0.0831. The quantitative estimate of drug-likeness (QED) is 0.843. The Morgan fingerprint density at radius 1 is 1.50 bits per heavy atom. The Labute approximate surface area is 136 Å². The third-order valence-corrected chi connectivity index (χ3v) is 3.52. The second kappa shape index (κ2) is 6.54. The van der Waals surface area contributed by atoms with Crippen molar-refractivity contribution in [2.75, 3.05) is 19.5 Å². The van der Waals surface area contributed by atoms with Crippen molar-refractivity contribution < 1.29 is 14.3 Å². The number of ether oxygens (including phenoxy) is 2. The van der Waals surface area contributed by atoms with Gasteiger partial charge in [-0.25, -0.2) is 4.79 Å². The average molecular weight is 364 g/mol. The van der Waals surface area contributed by atoms with Crippen molar-refractivity contribution in [2.24, 2.45) is 0 Å². The average Bonchev–Trinajstić information content (AvgIpc) is 2.83. The van der Waals surface area contributed by atoms with Crippen LogP contribution in [0.4, 0.5) is 5.69 Å². The van der Waals surface area contributed by atoms with Gasteiger partial charge in [0.1, 0.15) is 11.8 Å². The van der Waals surface area contributed by atoms with Gasteiger partial charge in [0.2, 0.25) is 0 Å². The lowest BCUT2D eigenvalue weighted by molar-refractivity contribution is 0.0593. The van der Waals surface area contributed by atoms with Crippen LogP contribution in [-0.4, -0.2) is 24.3 Å². The van der Waals surface area contributed by atoms with Crippen LogP contribution in [0, 0.1) is 11.3 Å². The minimum Gasteiger partial charge on any atom is -0.492 e. The molecule has 0 saturated heterocycles. The second-order valence-electron chi connectivity index (χ2n) is 4.32. The first-order valence-corrected chi connectivity index (χ1v) is 7.24. The molecule has 0 aliphatic carbocycles. The number of benzene rings is 1. The van der Waals surface area contributed by atoms with Crippen molar-refractivity contribution in [3.8, 4) is 17.5 Å². The molecule has 1 aromatic heterocycles. The Kier molecular flexibility index (Phi) is 4.73. The number of nitrogens with two attached hydrogens (primary N) is 1. The van der Waals surface area contributed by atoms with Gasteiger partial charge in [0.05, 0.1) is 30.7 Å². The van der Waals surface area contributed by atoms with Gasteiger partial charge in [-0.3, -0.25) is 0 Å². The molecule has 2 N–H and O–H groups in total. The van der Waals surface area contributed by atoms with E-state index in [0.29, 0.717) is 18.0 Å². The highest BCUT2D eigenvalue weighted by Gasteiger charge is 2.23. The van der Waals surface area contributed by atoms with Gasteiger partial charge in [0.15, 0.2) is 5.69 Å². The molecule has 0 fully saturated rings. The van der Waals surface area contributed by atoms with Crippen LogP contribution in [0.1, 0.15) is 23.0 Å². The number of carbonyl (C=O) groups excluding carboxylic acids is 1.